The number of hydrogen-bond donors (Lipinski definition) is 1. The van der Waals surface area contributed by atoms with Crippen LogP contribution in [0.15, 0.2) is 4.79 Å². The molecule has 2 rings (SSSR count). The summed E-state index contributed by atoms with van der Waals surface area (Å²) in [5, 5.41) is 8.79. The van der Waals surface area contributed by atoms with Gasteiger partial charge in [-0.1, -0.05) is 0 Å². The number of thioether (sulfide) groups is 1. The summed E-state index contributed by atoms with van der Waals surface area (Å²) in [7, 11) is 0. The van der Waals surface area contributed by atoms with Gasteiger partial charge in [-0.2, -0.15) is 17.0 Å². The van der Waals surface area contributed by atoms with Crippen LogP contribution in [0.4, 0.5) is 0 Å². The Bertz CT molecular complexity index is 456. The van der Waals surface area contributed by atoms with E-state index in [0.717, 1.165) is 28.3 Å². The standard InChI is InChI=1S/C9H8N2OS/c1-5-7-3-13-4-8(7)6(2-10)9(12)11-5/h3-4H2,1H3,(H,11,12). The van der Waals surface area contributed by atoms with Gasteiger partial charge in [-0.05, 0) is 18.1 Å². The van der Waals surface area contributed by atoms with Gasteiger partial charge in [0.25, 0.3) is 5.56 Å². The number of hydrogen-bond acceptors (Lipinski definition) is 3. The Morgan fingerprint density at radius 3 is 2.85 bits per heavy atom. The van der Waals surface area contributed by atoms with E-state index < -0.39 is 0 Å². The summed E-state index contributed by atoms with van der Waals surface area (Å²) < 4.78 is 0. The van der Waals surface area contributed by atoms with E-state index in [2.05, 4.69) is 4.98 Å². The van der Waals surface area contributed by atoms with Crippen molar-refractivity contribution in [1.82, 2.24) is 4.98 Å². The number of aromatic amines is 1. The van der Waals surface area contributed by atoms with Gasteiger partial charge in [0.2, 0.25) is 0 Å². The van der Waals surface area contributed by atoms with Crippen LogP contribution < -0.4 is 5.56 Å². The van der Waals surface area contributed by atoms with Crippen LogP contribution in [0, 0.1) is 18.3 Å². The number of fused-ring (bicyclic) bond motifs is 1. The van der Waals surface area contributed by atoms with E-state index in [1.165, 1.54) is 0 Å². The Hall–Kier alpha value is -1.21. The largest absolute Gasteiger partial charge is 0.325 e. The molecule has 0 radical (unpaired) electrons. The molecule has 13 heavy (non-hydrogen) atoms. The van der Waals surface area contributed by atoms with Crippen LogP contribution in [-0.4, -0.2) is 4.98 Å². The van der Waals surface area contributed by atoms with E-state index in [9.17, 15) is 4.79 Å². The smallest absolute Gasteiger partial charge is 0.266 e. The van der Waals surface area contributed by atoms with Crippen LogP contribution in [0.3, 0.4) is 0 Å². The van der Waals surface area contributed by atoms with Gasteiger partial charge in [-0.25, -0.2) is 0 Å². The Morgan fingerprint density at radius 1 is 1.46 bits per heavy atom. The molecule has 66 valence electrons. The zero-order chi connectivity index (χ0) is 9.42. The molecule has 0 saturated heterocycles. The van der Waals surface area contributed by atoms with Crippen molar-refractivity contribution in [2.75, 3.05) is 0 Å². The molecule has 2 heterocycles. The van der Waals surface area contributed by atoms with Crippen LogP contribution in [0.5, 0.6) is 0 Å². The summed E-state index contributed by atoms with van der Waals surface area (Å²) >= 11 is 1.75. The maximum atomic E-state index is 11.3. The molecule has 3 nitrogen and oxygen atoms in total. The van der Waals surface area contributed by atoms with Crippen LogP contribution in [0.2, 0.25) is 0 Å². The molecule has 0 aliphatic carbocycles. The number of nitriles is 1. The molecule has 0 atom stereocenters. The fourth-order valence-corrected chi connectivity index (χ4v) is 2.77. The first-order valence-corrected chi connectivity index (χ1v) is 5.12. The summed E-state index contributed by atoms with van der Waals surface area (Å²) in [4.78, 5) is 14.0. The number of aromatic nitrogens is 1. The van der Waals surface area contributed by atoms with Gasteiger partial charge in [-0.3, -0.25) is 4.79 Å². The SMILES string of the molecule is Cc1[nH]c(=O)c(C#N)c2c1CSC2. The monoisotopic (exact) mass is 192 g/mol. The normalized spacial score (nSPS) is 13.8. The number of rotatable bonds is 0. The Balaban J connectivity index is 2.82. The highest BCUT2D eigenvalue weighted by molar-refractivity contribution is 7.98. The molecular weight excluding hydrogens is 184 g/mol. The molecule has 0 aromatic carbocycles. The first-order chi connectivity index (χ1) is 6.24. The molecule has 0 spiro atoms. The number of H-pyrrole nitrogens is 1. The van der Waals surface area contributed by atoms with Gasteiger partial charge in [0.15, 0.2) is 0 Å². The third kappa shape index (κ3) is 1.16. The average molecular weight is 192 g/mol. The Labute approximate surface area is 79.8 Å². The topological polar surface area (TPSA) is 56.6 Å². The fourth-order valence-electron chi connectivity index (χ4n) is 1.55. The van der Waals surface area contributed by atoms with E-state index in [1.807, 2.05) is 13.0 Å². The van der Waals surface area contributed by atoms with Crippen LogP contribution >= 0.6 is 11.8 Å². The summed E-state index contributed by atoms with van der Waals surface area (Å²) in [6, 6.07) is 1.97. The van der Waals surface area contributed by atoms with Crippen molar-refractivity contribution in [3.8, 4) is 6.07 Å². The van der Waals surface area contributed by atoms with E-state index in [4.69, 9.17) is 5.26 Å². The Morgan fingerprint density at radius 2 is 2.15 bits per heavy atom. The summed E-state index contributed by atoms with van der Waals surface area (Å²) in [5.41, 5.74) is 3.03. The van der Waals surface area contributed by atoms with Crippen molar-refractivity contribution >= 4 is 11.8 Å². The molecule has 0 bridgehead atoms. The number of nitrogens with zero attached hydrogens (tertiary/aromatic N) is 1. The minimum atomic E-state index is -0.249. The van der Waals surface area contributed by atoms with Gasteiger partial charge in [-0.15, -0.1) is 0 Å². The maximum absolute atomic E-state index is 11.3. The number of nitrogens with one attached hydrogen (secondary N) is 1. The average Bonchev–Trinajstić information content (AvgIpc) is 2.53. The summed E-state index contributed by atoms with van der Waals surface area (Å²) in [6.07, 6.45) is 0. The predicted octanol–water partition coefficient (Wildman–Crippen LogP) is 1.30. The molecular formula is C9H8N2OS. The van der Waals surface area contributed by atoms with E-state index >= 15 is 0 Å². The van der Waals surface area contributed by atoms with Crippen LogP contribution in [0.25, 0.3) is 0 Å². The van der Waals surface area contributed by atoms with Gasteiger partial charge >= 0.3 is 0 Å². The first-order valence-electron chi connectivity index (χ1n) is 3.96. The zero-order valence-electron chi connectivity index (χ0n) is 7.18. The first kappa shape index (κ1) is 8.39. The van der Waals surface area contributed by atoms with E-state index in [-0.39, 0.29) is 5.56 Å². The molecule has 0 saturated carbocycles. The maximum Gasteiger partial charge on any atom is 0.266 e. The van der Waals surface area contributed by atoms with Crippen LogP contribution in [0.1, 0.15) is 22.4 Å². The van der Waals surface area contributed by atoms with Crippen LogP contribution in [-0.2, 0) is 11.5 Å². The zero-order valence-corrected chi connectivity index (χ0v) is 7.99. The van der Waals surface area contributed by atoms with Gasteiger partial charge < -0.3 is 4.98 Å². The minimum absolute atomic E-state index is 0.249. The highest BCUT2D eigenvalue weighted by Crippen LogP contribution is 2.31. The second-order valence-corrected chi connectivity index (χ2v) is 4.00. The lowest BCUT2D eigenvalue weighted by Gasteiger charge is -2.03. The number of aryl methyl sites for hydroxylation is 1. The quantitative estimate of drug-likeness (QED) is 0.674. The number of pyridine rings is 1. The second-order valence-electron chi connectivity index (χ2n) is 3.02. The fraction of sp³-hybridized carbons (Fsp3) is 0.333. The Kier molecular flexibility index (Phi) is 1.89. The molecule has 1 aromatic heterocycles. The van der Waals surface area contributed by atoms with Gasteiger partial charge in [0.05, 0.1) is 0 Å². The van der Waals surface area contributed by atoms with E-state index in [0.29, 0.717) is 5.56 Å². The molecule has 0 fully saturated rings. The minimum Gasteiger partial charge on any atom is -0.325 e. The van der Waals surface area contributed by atoms with Gasteiger partial charge in [0, 0.05) is 17.2 Å². The summed E-state index contributed by atoms with van der Waals surface area (Å²) in [6.45, 7) is 1.88. The summed E-state index contributed by atoms with van der Waals surface area (Å²) in [5.74, 6) is 1.70. The van der Waals surface area contributed by atoms with Crippen molar-refractivity contribution < 1.29 is 0 Å². The van der Waals surface area contributed by atoms with Crippen molar-refractivity contribution in [2.45, 2.75) is 18.4 Å². The van der Waals surface area contributed by atoms with Crippen molar-refractivity contribution in [3.63, 3.8) is 0 Å². The molecule has 0 amide bonds. The lowest BCUT2D eigenvalue weighted by Crippen LogP contribution is -2.15. The van der Waals surface area contributed by atoms with Crippen molar-refractivity contribution in [3.05, 3.63) is 32.7 Å². The third-order valence-corrected chi connectivity index (χ3v) is 3.24. The van der Waals surface area contributed by atoms with E-state index in [1.54, 1.807) is 11.8 Å². The van der Waals surface area contributed by atoms with Crippen molar-refractivity contribution in [1.29, 1.82) is 5.26 Å². The highest BCUT2D eigenvalue weighted by Gasteiger charge is 2.19. The molecule has 1 N–H and O–H groups in total. The highest BCUT2D eigenvalue weighted by atomic mass is 32.2. The predicted molar refractivity (Wildman–Crippen MR) is 51.5 cm³/mol. The molecule has 1 aliphatic rings. The molecule has 1 aromatic rings. The van der Waals surface area contributed by atoms with Crippen molar-refractivity contribution in [2.24, 2.45) is 0 Å². The third-order valence-electron chi connectivity index (χ3n) is 2.25. The second kappa shape index (κ2) is 2.93. The molecule has 4 heteroatoms. The van der Waals surface area contributed by atoms with Gasteiger partial charge in [0.1, 0.15) is 11.6 Å². The lowest BCUT2D eigenvalue weighted by molar-refractivity contribution is 1.06. The lowest BCUT2D eigenvalue weighted by atomic mass is 10.1. The molecule has 0 unspecified atom stereocenters. The molecule has 1 aliphatic heterocycles.